The third-order valence-corrected chi connectivity index (χ3v) is 12.6. The van der Waals surface area contributed by atoms with Crippen molar-refractivity contribution in [1.29, 1.82) is 0 Å². The largest absolute Gasteiger partial charge is 0.459 e. The van der Waals surface area contributed by atoms with E-state index in [0.29, 0.717) is 13.0 Å². The molecule has 0 radical (unpaired) electrons. The Hall–Kier alpha value is -1.01. The fourth-order valence-electron chi connectivity index (χ4n) is 9.33. The van der Waals surface area contributed by atoms with Crippen molar-refractivity contribution in [3.8, 4) is 0 Å². The van der Waals surface area contributed by atoms with Crippen molar-refractivity contribution in [2.45, 2.75) is 172 Å². The fourth-order valence-corrected chi connectivity index (χ4v) is 9.33. The quantitative estimate of drug-likeness (QED) is 0.203. The molecule has 4 aliphatic rings. The van der Waals surface area contributed by atoms with Gasteiger partial charge >= 0.3 is 5.97 Å². The molecule has 292 valence electrons. The summed E-state index contributed by atoms with van der Waals surface area (Å²) in [5, 5.41) is 61.2. The van der Waals surface area contributed by atoms with Gasteiger partial charge in [0.25, 0.3) is 0 Å². The zero-order valence-corrected chi connectivity index (χ0v) is 32.1. The van der Waals surface area contributed by atoms with Crippen LogP contribution in [0.4, 0.5) is 0 Å². The molecule has 0 spiro atoms. The number of carbonyl (C=O) groups excluding carboxylic acids is 1. The lowest BCUT2D eigenvalue weighted by molar-refractivity contribution is -0.339. The van der Waals surface area contributed by atoms with Crippen LogP contribution in [0.5, 0.6) is 0 Å². The molecule has 3 heterocycles. The molecule has 3 saturated heterocycles. The highest BCUT2D eigenvalue weighted by atomic mass is 16.7. The third kappa shape index (κ3) is 7.78. The summed E-state index contributed by atoms with van der Waals surface area (Å²) >= 11 is 0. The minimum Gasteiger partial charge on any atom is -0.459 e. The number of carbonyl (C=O) groups is 1. The van der Waals surface area contributed by atoms with Gasteiger partial charge in [0, 0.05) is 44.0 Å². The van der Waals surface area contributed by atoms with Crippen molar-refractivity contribution < 1.29 is 58.7 Å². The first-order valence-corrected chi connectivity index (χ1v) is 18.4. The summed E-state index contributed by atoms with van der Waals surface area (Å²) in [5.41, 5.74) is -4.50. The Morgan fingerprint density at radius 2 is 1.62 bits per heavy atom. The van der Waals surface area contributed by atoms with Gasteiger partial charge in [-0.25, -0.2) is 0 Å². The maximum absolute atomic E-state index is 14.7. The number of esters is 1. The first kappa shape index (κ1) is 41.7. The zero-order valence-electron chi connectivity index (χ0n) is 32.1. The van der Waals surface area contributed by atoms with Crippen LogP contribution in [0, 0.1) is 23.7 Å². The van der Waals surface area contributed by atoms with Crippen LogP contribution in [0.3, 0.4) is 0 Å². The number of likely N-dealkylation sites (N-methyl/N-ethyl adjacent to an activating group) is 2. The van der Waals surface area contributed by atoms with Crippen LogP contribution in [0.25, 0.3) is 0 Å². The molecule has 19 atom stereocenters. The van der Waals surface area contributed by atoms with E-state index in [1.54, 1.807) is 41.7 Å². The monoisotopic (exact) mass is 718 g/mol. The van der Waals surface area contributed by atoms with E-state index in [1.807, 2.05) is 32.7 Å². The second kappa shape index (κ2) is 15.8. The van der Waals surface area contributed by atoms with Gasteiger partial charge in [-0.2, -0.15) is 0 Å². The lowest BCUT2D eigenvalue weighted by Gasteiger charge is -2.56. The molecule has 1 saturated carbocycles. The number of hydrogen-bond donors (Lipinski definition) is 6. The highest BCUT2D eigenvalue weighted by Gasteiger charge is 2.63. The number of nitrogens with one attached hydrogen (secondary N) is 1. The van der Waals surface area contributed by atoms with Crippen LogP contribution in [-0.4, -0.2) is 154 Å². The topological polar surface area (TPSA) is 189 Å². The molecule has 1 unspecified atom stereocenters. The van der Waals surface area contributed by atoms with Gasteiger partial charge in [0.2, 0.25) is 0 Å². The smallest absolute Gasteiger partial charge is 0.312 e. The third-order valence-electron chi connectivity index (χ3n) is 12.6. The summed E-state index contributed by atoms with van der Waals surface area (Å²) in [7, 11) is 5.11. The average Bonchev–Trinajstić information content (AvgIpc) is 3.05. The normalized spacial score (nSPS) is 52.9. The molecule has 1 aliphatic carbocycles. The van der Waals surface area contributed by atoms with Crippen LogP contribution < -0.4 is 5.32 Å². The Labute approximate surface area is 298 Å². The van der Waals surface area contributed by atoms with Gasteiger partial charge in [-0.05, 0) is 74.4 Å². The maximum Gasteiger partial charge on any atom is 0.312 e. The van der Waals surface area contributed by atoms with E-state index in [0.717, 1.165) is 0 Å². The van der Waals surface area contributed by atoms with Crippen LogP contribution >= 0.6 is 0 Å². The number of aliphatic hydroxyl groups is 5. The highest BCUT2D eigenvalue weighted by Crippen LogP contribution is 2.50. The lowest BCUT2D eigenvalue weighted by atomic mass is 9.58. The van der Waals surface area contributed by atoms with E-state index < -0.39 is 108 Å². The molecule has 14 heteroatoms. The molecular weight excluding hydrogens is 652 g/mol. The van der Waals surface area contributed by atoms with Gasteiger partial charge in [-0.1, -0.05) is 20.8 Å². The van der Waals surface area contributed by atoms with E-state index in [9.17, 15) is 30.3 Å². The molecule has 4 rings (SSSR count). The molecule has 4 fully saturated rings. The molecule has 0 aromatic rings. The van der Waals surface area contributed by atoms with Crippen LogP contribution in [0.15, 0.2) is 0 Å². The molecule has 50 heavy (non-hydrogen) atoms. The van der Waals surface area contributed by atoms with Crippen molar-refractivity contribution in [2.75, 3.05) is 27.7 Å². The first-order valence-electron chi connectivity index (χ1n) is 18.4. The highest BCUT2D eigenvalue weighted by molar-refractivity contribution is 5.74. The Morgan fingerprint density at radius 3 is 2.20 bits per heavy atom. The summed E-state index contributed by atoms with van der Waals surface area (Å²) in [5.74, 6) is -3.72. The van der Waals surface area contributed by atoms with Gasteiger partial charge in [-0.15, -0.1) is 0 Å². The molecule has 3 aliphatic heterocycles. The zero-order chi connectivity index (χ0) is 37.7. The number of hydrogen-bond acceptors (Lipinski definition) is 14. The van der Waals surface area contributed by atoms with Gasteiger partial charge in [0.1, 0.15) is 30.0 Å². The molecule has 0 bridgehead atoms. The second-order valence-corrected chi connectivity index (χ2v) is 16.3. The van der Waals surface area contributed by atoms with Gasteiger partial charge in [-0.3, -0.25) is 4.79 Å². The predicted octanol–water partition coefficient (Wildman–Crippen LogP) is 0.778. The van der Waals surface area contributed by atoms with Crippen molar-refractivity contribution in [3.05, 3.63) is 0 Å². The van der Waals surface area contributed by atoms with E-state index in [2.05, 4.69) is 5.32 Å². The minimum absolute atomic E-state index is 0.146. The van der Waals surface area contributed by atoms with E-state index in [4.69, 9.17) is 28.4 Å². The molecule has 0 amide bonds. The van der Waals surface area contributed by atoms with Crippen LogP contribution in [0.2, 0.25) is 0 Å². The molecular formula is C36H66N2O12. The summed E-state index contributed by atoms with van der Waals surface area (Å²) in [4.78, 5) is 16.6. The van der Waals surface area contributed by atoms with Gasteiger partial charge in [0.15, 0.2) is 12.6 Å². The minimum atomic E-state index is -1.79. The Kier molecular flexibility index (Phi) is 13.2. The SMILES string of the molecule is CC[C@H]1OC(=O)[C@@H]2C([C@@H](C)CN(C)[C@H](C)[C@@H](O)[C@]1(C)O)[C@@](C)(O)[C@H](O[C@@H]1O[C@H](C)C[C@H](NC)[C@H]1O)[C@@H](C)[C@@H]2O[C@H]1C[C@@](C)(OC)[C@@H](O)[C@H](C)O1. The number of rotatable bonds is 7. The van der Waals surface area contributed by atoms with Gasteiger partial charge < -0.3 is 64.2 Å². The van der Waals surface area contributed by atoms with E-state index in [-0.39, 0.29) is 25.0 Å². The predicted molar refractivity (Wildman–Crippen MR) is 183 cm³/mol. The Balaban J connectivity index is 1.85. The van der Waals surface area contributed by atoms with Crippen molar-refractivity contribution >= 4 is 5.97 Å². The fraction of sp³-hybridized carbons (Fsp3) is 0.972. The molecule has 0 aromatic heterocycles. The van der Waals surface area contributed by atoms with Crippen LogP contribution in [0.1, 0.15) is 81.6 Å². The number of methoxy groups -OCH3 is 1. The van der Waals surface area contributed by atoms with Gasteiger partial charge in [0.05, 0.1) is 41.5 Å². The van der Waals surface area contributed by atoms with Crippen molar-refractivity contribution in [2.24, 2.45) is 23.7 Å². The van der Waals surface area contributed by atoms with Crippen molar-refractivity contribution in [3.63, 3.8) is 0 Å². The average molecular weight is 719 g/mol. The number of ether oxygens (including phenoxy) is 6. The molecule has 14 nitrogen and oxygen atoms in total. The Bertz CT molecular complexity index is 1140. The number of aliphatic hydroxyl groups excluding tert-OH is 3. The van der Waals surface area contributed by atoms with Crippen LogP contribution in [-0.2, 0) is 33.2 Å². The standard InChI is InChI=1S/C36H66N2O12/c1-13-23-35(8,43)29(40)20(5)38(11)16-17(2)26-25(32(42)48-23)28(49-24-15-34(7,45-12)30(41)21(6)47-24)19(4)31(36(26,9)44)50-33-27(39)22(37-10)14-18(3)46-33/h17-31,33,37,39-41,43-44H,13-16H2,1-12H3/t17-,18+,19-,20+,21-,22-,23+,24-,25+,26?,27+,28-,29+,30-,31+,33-,34+,35+,36+/m0/s1. The summed E-state index contributed by atoms with van der Waals surface area (Å²) in [6.07, 6.45) is -8.28. The number of fused-ring (bicyclic) bond motifs is 1. The summed E-state index contributed by atoms with van der Waals surface area (Å²) < 4.78 is 37.6. The summed E-state index contributed by atoms with van der Waals surface area (Å²) in [6, 6.07) is -0.848. The molecule has 6 N–H and O–H groups in total. The molecule has 0 aromatic carbocycles. The number of cyclic esters (lactones) is 1. The first-order chi connectivity index (χ1) is 23.2. The van der Waals surface area contributed by atoms with E-state index in [1.165, 1.54) is 14.0 Å². The maximum atomic E-state index is 14.7. The number of nitrogens with zero attached hydrogens (tertiary/aromatic N) is 1. The second-order valence-electron chi connectivity index (χ2n) is 16.3. The lowest BCUT2D eigenvalue weighted by Crippen LogP contribution is -2.69. The van der Waals surface area contributed by atoms with E-state index >= 15 is 0 Å². The Morgan fingerprint density at radius 1 is 0.980 bits per heavy atom. The summed E-state index contributed by atoms with van der Waals surface area (Å²) in [6.45, 7) is 16.2. The van der Waals surface area contributed by atoms with Crippen molar-refractivity contribution in [1.82, 2.24) is 10.2 Å².